The van der Waals surface area contributed by atoms with Gasteiger partial charge in [-0.15, -0.1) is 0 Å². The van der Waals surface area contributed by atoms with E-state index in [1.165, 1.54) is 30.3 Å². The zero-order valence-electron chi connectivity index (χ0n) is 71.0. The van der Waals surface area contributed by atoms with Gasteiger partial charge in [0.05, 0.1) is 5.56 Å². The summed E-state index contributed by atoms with van der Waals surface area (Å²) in [4.78, 5) is 70.8. The van der Waals surface area contributed by atoms with E-state index in [9.17, 15) is 43.3 Å². The molecule has 4 amide bonds. The molecule has 16 rings (SSSR count). The number of hydrogen-bond donors (Lipinski definition) is 7. The van der Waals surface area contributed by atoms with Crippen molar-refractivity contribution in [2.45, 2.75) is 155 Å². The number of halogens is 2. The maximum absolute atomic E-state index is 14.1. The first kappa shape index (κ1) is 87.5. The summed E-state index contributed by atoms with van der Waals surface area (Å²) in [7, 11) is 0. The number of nitrogens with one attached hydrogen (secondary N) is 4. The second-order valence-electron chi connectivity index (χ2n) is 31.9. The van der Waals surface area contributed by atoms with Crippen LogP contribution in [0.25, 0.3) is 22.3 Å². The molecule has 5 aromatic carbocycles. The standard InChI is InChI=1S/C25H29FN2O3.C24H28FN3O2.2C24H29N3O3/c1-3-28(4-2)24(30)17-6-8-19(22(29)14-17)21-16-25(10-5-12-27-13-11-25)31-23-9-7-18(26)15-20(21)23;1-3-28(4-2)23(29)21-8-6-17(16-27-21)20-15-24(10-5-12-26-13-11-24)30-22-9-7-18(25)14-19(20)22;1-3-27(4-2)23(29)21-8-6-17(16-26-21)20-15-24(10-5-12-25-13-11-24)30-22-9-7-18(28)14-19(20)22;1-3-27(4-2)23(29)19-10-9-17(16-26-19)18-15-24(11-6-13-25-14-12-24)30-21-8-5-7-20(28)22(18)21/h6-9,14-16,27,29H,3-5,10-13H2,1-2H3;6-9,14-16,26H,3-5,10-13H2,1-2H3;6-9,14-16,25,28H,3-5,10-13H2,1-2H3;5,7-10,15-16,25,28H,3-4,6,11-14H2,1-2H3. The van der Waals surface area contributed by atoms with E-state index in [-0.39, 0.29) is 58.1 Å². The molecule has 4 fully saturated rings. The van der Waals surface area contributed by atoms with E-state index in [1.807, 2.05) is 97.9 Å². The number of phenolic OH excluding ortho intramolecular Hbond substituents is 3. The van der Waals surface area contributed by atoms with Crippen molar-refractivity contribution in [1.82, 2.24) is 55.8 Å². The SMILES string of the molecule is CCN(CC)C(=O)c1ccc(C2=CC3(CCCNCC3)Oc3ccc(F)cc32)c(O)c1.CCN(CC)C(=O)c1ccc(C2=CC3(CCCNCC3)Oc3ccc(F)cc32)cn1.CCN(CC)C(=O)c1ccc(C2=CC3(CCCNCC3)Oc3ccc(O)cc32)cn1.CCN(CC)C(=O)c1ccc(C2=CC3(CCCNCC3)Oc3cccc(O)c32)cn1. The van der Waals surface area contributed by atoms with Gasteiger partial charge in [-0.05, 0) is 309 Å². The first-order chi connectivity index (χ1) is 58.6. The van der Waals surface area contributed by atoms with Crippen molar-refractivity contribution in [3.05, 3.63) is 249 Å². The quantitative estimate of drug-likeness (QED) is 0.0474. The average Bonchev–Trinajstić information content (AvgIpc) is 1.46. The lowest BCUT2D eigenvalue weighted by Gasteiger charge is -2.36. The van der Waals surface area contributed by atoms with Crippen LogP contribution in [0.15, 0.2) is 170 Å². The number of aromatic hydroxyl groups is 3. The Morgan fingerprint density at radius 1 is 0.355 bits per heavy atom. The van der Waals surface area contributed by atoms with E-state index < -0.39 is 16.8 Å². The van der Waals surface area contributed by atoms with Crippen molar-refractivity contribution < 1.29 is 62.2 Å². The molecule has 0 bridgehead atoms. The number of carbonyl (C=O) groups excluding carboxylic acids is 4. The molecule has 7 N–H and O–H groups in total. The Bertz CT molecular complexity index is 4940. The molecule has 24 heteroatoms. The van der Waals surface area contributed by atoms with Crippen molar-refractivity contribution in [2.24, 2.45) is 0 Å². The highest BCUT2D eigenvalue weighted by Crippen LogP contribution is 2.50. The van der Waals surface area contributed by atoms with Gasteiger partial charge in [-0.2, -0.15) is 0 Å². The molecule has 4 spiro atoms. The Labute approximate surface area is 709 Å². The minimum absolute atomic E-state index is 0.00302. The highest BCUT2D eigenvalue weighted by molar-refractivity contribution is 5.98. The van der Waals surface area contributed by atoms with E-state index in [2.05, 4.69) is 54.4 Å². The van der Waals surface area contributed by atoms with Gasteiger partial charge >= 0.3 is 0 Å². The molecule has 4 atom stereocenters. The fourth-order valence-corrected chi connectivity index (χ4v) is 17.5. The summed E-state index contributed by atoms with van der Waals surface area (Å²) < 4.78 is 53.9. The number of fused-ring (bicyclic) bond motifs is 4. The molecule has 0 aliphatic carbocycles. The topological polar surface area (TPSA) is 266 Å². The van der Waals surface area contributed by atoms with E-state index in [1.54, 1.807) is 98.9 Å². The lowest BCUT2D eigenvalue weighted by Crippen LogP contribution is -2.37. The molecule has 8 aliphatic rings. The fourth-order valence-electron chi connectivity index (χ4n) is 17.5. The third kappa shape index (κ3) is 20.0. The number of benzene rings is 5. The molecule has 8 aliphatic heterocycles. The zero-order valence-corrected chi connectivity index (χ0v) is 71.0. The van der Waals surface area contributed by atoms with E-state index in [0.717, 1.165) is 185 Å². The molecule has 11 heterocycles. The number of rotatable bonds is 16. The lowest BCUT2D eigenvalue weighted by molar-refractivity contribution is 0.0759. The van der Waals surface area contributed by atoms with Gasteiger partial charge in [-0.1, -0.05) is 24.3 Å². The maximum Gasteiger partial charge on any atom is 0.272 e. The second-order valence-corrected chi connectivity index (χ2v) is 31.9. The minimum atomic E-state index is -0.508. The van der Waals surface area contributed by atoms with Crippen molar-refractivity contribution in [3.63, 3.8) is 0 Å². The summed E-state index contributed by atoms with van der Waals surface area (Å²) >= 11 is 0. The van der Waals surface area contributed by atoms with Gasteiger partial charge in [0.25, 0.3) is 23.6 Å². The number of pyridine rings is 3. The number of amides is 4. The van der Waals surface area contributed by atoms with Gasteiger partial charge in [-0.25, -0.2) is 8.78 Å². The summed E-state index contributed by atoms with van der Waals surface area (Å²) in [5.74, 6) is 2.17. The van der Waals surface area contributed by atoms with Crippen LogP contribution in [0.3, 0.4) is 0 Å². The summed E-state index contributed by atoms with van der Waals surface area (Å²) in [5, 5.41) is 45.3. The van der Waals surface area contributed by atoms with E-state index in [4.69, 9.17) is 18.9 Å². The van der Waals surface area contributed by atoms with Crippen LogP contribution in [0.2, 0.25) is 0 Å². The van der Waals surface area contributed by atoms with Crippen LogP contribution in [0, 0.1) is 11.6 Å². The number of aromatic nitrogens is 3. The third-order valence-electron chi connectivity index (χ3n) is 24.2. The van der Waals surface area contributed by atoms with Gasteiger partial charge in [0.15, 0.2) is 0 Å². The molecule has 121 heavy (non-hydrogen) atoms. The van der Waals surface area contributed by atoms with Gasteiger partial charge < -0.3 is 75.1 Å². The monoisotopic (exact) mass is 1650 g/mol. The van der Waals surface area contributed by atoms with Crippen molar-refractivity contribution >= 4 is 45.9 Å². The summed E-state index contributed by atoms with van der Waals surface area (Å²) in [5.41, 5.74) is 9.65. The third-order valence-corrected chi connectivity index (χ3v) is 24.2. The fraction of sp³-hybridized carbons (Fsp3) is 0.412. The number of nitrogens with zero attached hydrogens (tertiary/aromatic N) is 7. The molecule has 22 nitrogen and oxygen atoms in total. The van der Waals surface area contributed by atoms with Crippen molar-refractivity contribution in [1.29, 1.82) is 0 Å². The largest absolute Gasteiger partial charge is 0.508 e. The smallest absolute Gasteiger partial charge is 0.272 e. The molecule has 4 saturated heterocycles. The molecule has 8 aromatic rings. The summed E-state index contributed by atoms with van der Waals surface area (Å²) in [6.07, 6.45) is 24.6. The first-order valence-corrected chi connectivity index (χ1v) is 43.3. The van der Waals surface area contributed by atoms with Crippen LogP contribution in [0.5, 0.6) is 40.2 Å². The lowest BCUT2D eigenvalue weighted by atomic mass is 9.84. The minimum Gasteiger partial charge on any atom is -0.508 e. The molecule has 0 saturated carbocycles. The number of ether oxygens (including phenoxy) is 4. The van der Waals surface area contributed by atoms with E-state index >= 15 is 0 Å². The van der Waals surface area contributed by atoms with Crippen LogP contribution < -0.4 is 40.2 Å². The number of phenols is 3. The zero-order chi connectivity index (χ0) is 85.4. The molecule has 0 radical (unpaired) electrons. The van der Waals surface area contributed by atoms with Gasteiger partial charge in [0.1, 0.15) is 91.4 Å². The molecular formula is C97H115F2N11O11. The van der Waals surface area contributed by atoms with Crippen molar-refractivity contribution in [2.75, 3.05) is 105 Å². The molecular weight excluding hydrogens is 1530 g/mol. The Morgan fingerprint density at radius 3 is 1.10 bits per heavy atom. The van der Waals surface area contributed by atoms with Gasteiger partial charge in [0.2, 0.25) is 0 Å². The number of carbonyl (C=O) groups is 4. The molecule has 638 valence electrons. The predicted molar refractivity (Wildman–Crippen MR) is 467 cm³/mol. The van der Waals surface area contributed by atoms with Crippen LogP contribution in [0.1, 0.15) is 219 Å². The normalized spacial score (nSPS) is 20.6. The number of hydrogen-bond acceptors (Lipinski definition) is 18. The van der Waals surface area contributed by atoms with Gasteiger partial charge in [-0.3, -0.25) is 34.1 Å². The Balaban J connectivity index is 0.000000139. The maximum atomic E-state index is 14.1. The van der Waals surface area contributed by atoms with Gasteiger partial charge in [0, 0.05) is 141 Å². The van der Waals surface area contributed by atoms with Crippen LogP contribution in [-0.4, -0.2) is 201 Å². The second kappa shape index (κ2) is 39.5. The predicted octanol–water partition coefficient (Wildman–Crippen LogP) is 15.6. The van der Waals surface area contributed by atoms with Crippen molar-refractivity contribution in [3.8, 4) is 40.2 Å². The Kier molecular flexibility index (Phi) is 28.5. The molecule has 3 aromatic heterocycles. The van der Waals surface area contributed by atoms with Crippen LogP contribution in [0.4, 0.5) is 8.78 Å². The summed E-state index contributed by atoms with van der Waals surface area (Å²) in [6.45, 7) is 28.0. The molecule has 4 unspecified atom stereocenters. The first-order valence-electron chi connectivity index (χ1n) is 43.3. The van der Waals surface area contributed by atoms with E-state index in [0.29, 0.717) is 109 Å². The van der Waals surface area contributed by atoms with Crippen LogP contribution in [-0.2, 0) is 0 Å². The average molecular weight is 1650 g/mol. The highest BCUT2D eigenvalue weighted by atomic mass is 19.1. The van der Waals surface area contributed by atoms with Crippen LogP contribution >= 0.6 is 0 Å². The summed E-state index contributed by atoms with van der Waals surface area (Å²) in [6, 6.07) is 35.9. The highest BCUT2D eigenvalue weighted by Gasteiger charge is 2.42. The Morgan fingerprint density at radius 2 is 0.711 bits per heavy atom. The Hall–Kier alpha value is -11.3.